The number of hydrogen-bond donors (Lipinski definition) is 3. The van der Waals surface area contributed by atoms with E-state index >= 15 is 0 Å². The molecule has 0 heterocycles. The molecule has 3 N–H and O–H groups in total. The Morgan fingerprint density at radius 2 is 1.33 bits per heavy atom. The summed E-state index contributed by atoms with van der Waals surface area (Å²) in [7, 11) is 0. The van der Waals surface area contributed by atoms with Crippen LogP contribution in [0.1, 0.15) is 12.0 Å². The predicted molar refractivity (Wildman–Crippen MR) is 120 cm³/mol. The molecule has 0 saturated heterocycles. The largest absolute Gasteiger partial charge is 0.481 e. The van der Waals surface area contributed by atoms with Gasteiger partial charge in [-0.1, -0.05) is 88.0 Å². The third-order valence-corrected chi connectivity index (χ3v) is 2.13. The van der Waals surface area contributed by atoms with Crippen LogP contribution in [0.15, 0.2) is 99.7 Å². The molecule has 0 bridgehead atoms. The van der Waals surface area contributed by atoms with Crippen LogP contribution in [0, 0.1) is 11.3 Å². The third-order valence-electron chi connectivity index (χ3n) is 2.13. The molecule has 160 valence electrons. The molecule has 0 aliphatic carbocycles. The second kappa shape index (κ2) is 26.8. The van der Waals surface area contributed by atoms with Crippen LogP contribution in [-0.4, -0.2) is 33.2 Å². The summed E-state index contributed by atoms with van der Waals surface area (Å²) >= 11 is 0. The van der Waals surface area contributed by atoms with Gasteiger partial charge in [-0.15, -0.1) is 0 Å². The maximum absolute atomic E-state index is 9.87. The lowest BCUT2D eigenvalue weighted by Gasteiger charge is -1.91. The van der Waals surface area contributed by atoms with Gasteiger partial charge in [0, 0.05) is 17.7 Å². The molecule has 1 rings (SSSR count). The van der Waals surface area contributed by atoms with E-state index in [1.807, 2.05) is 36.4 Å². The Labute approximate surface area is 177 Å². The maximum Gasteiger partial charge on any atom is 0.331 e. The first kappa shape index (κ1) is 33.2. The SMILES string of the molecule is C=C(CC(=O)O)C(=O)O.C=CC#N.C=CC(=O)O.C=CC=C.C=Cc1ccccc1. The molecule has 7 nitrogen and oxygen atoms in total. The predicted octanol–water partition coefficient (Wildman–Crippen LogP) is 4.74. The smallest absolute Gasteiger partial charge is 0.331 e. The lowest BCUT2D eigenvalue weighted by molar-refractivity contribution is -0.139. The highest BCUT2D eigenvalue weighted by Gasteiger charge is 2.07. The fourth-order valence-electron chi connectivity index (χ4n) is 0.847. The highest BCUT2D eigenvalue weighted by Crippen LogP contribution is 1.97. The number of rotatable bonds is 6. The molecule has 0 unspecified atom stereocenters. The van der Waals surface area contributed by atoms with E-state index in [9.17, 15) is 14.4 Å². The highest BCUT2D eigenvalue weighted by molar-refractivity contribution is 5.91. The summed E-state index contributed by atoms with van der Waals surface area (Å²) < 4.78 is 0. The molecule has 0 radical (unpaired) electrons. The molecule has 0 amide bonds. The van der Waals surface area contributed by atoms with Gasteiger partial charge >= 0.3 is 17.9 Å². The van der Waals surface area contributed by atoms with Crippen molar-refractivity contribution < 1.29 is 29.7 Å². The van der Waals surface area contributed by atoms with Gasteiger partial charge in [-0.25, -0.2) is 9.59 Å². The van der Waals surface area contributed by atoms with Crippen LogP contribution in [0.4, 0.5) is 0 Å². The van der Waals surface area contributed by atoms with Crippen molar-refractivity contribution in [1.82, 2.24) is 0 Å². The first-order valence-electron chi connectivity index (χ1n) is 7.97. The average molecular weight is 413 g/mol. The number of aliphatic carboxylic acids is 3. The molecule has 0 atom stereocenters. The molecule has 0 aromatic heterocycles. The Morgan fingerprint density at radius 3 is 1.47 bits per heavy atom. The zero-order valence-electron chi connectivity index (χ0n) is 16.7. The molecule has 0 spiro atoms. The molecule has 7 heteroatoms. The molecule has 1 aromatic carbocycles. The highest BCUT2D eigenvalue weighted by atomic mass is 16.4. The van der Waals surface area contributed by atoms with Crippen LogP contribution < -0.4 is 0 Å². The second-order valence-corrected chi connectivity index (χ2v) is 4.44. The Balaban J connectivity index is -0.000000148. The van der Waals surface area contributed by atoms with Crippen molar-refractivity contribution >= 4 is 24.0 Å². The van der Waals surface area contributed by atoms with Gasteiger partial charge in [0.1, 0.15) is 0 Å². The number of carboxylic acids is 3. The number of carboxylic acid groups (broad SMARTS) is 3. The zero-order valence-corrected chi connectivity index (χ0v) is 16.7. The van der Waals surface area contributed by atoms with Gasteiger partial charge in [0.25, 0.3) is 0 Å². The van der Waals surface area contributed by atoms with Crippen molar-refractivity contribution in [2.45, 2.75) is 6.42 Å². The van der Waals surface area contributed by atoms with Crippen molar-refractivity contribution in [3.8, 4) is 6.07 Å². The van der Waals surface area contributed by atoms with Crippen molar-refractivity contribution in [2.24, 2.45) is 0 Å². The van der Waals surface area contributed by atoms with E-state index in [4.69, 9.17) is 20.6 Å². The summed E-state index contributed by atoms with van der Waals surface area (Å²) in [6.45, 7) is 19.4. The van der Waals surface area contributed by atoms with Crippen LogP contribution in [0.5, 0.6) is 0 Å². The minimum atomic E-state index is -1.27. The first-order chi connectivity index (χ1) is 14.1. The summed E-state index contributed by atoms with van der Waals surface area (Å²) in [6, 6.07) is 11.7. The molecule has 0 fully saturated rings. The van der Waals surface area contributed by atoms with E-state index in [0.29, 0.717) is 0 Å². The van der Waals surface area contributed by atoms with E-state index in [0.717, 1.165) is 6.08 Å². The molecule has 0 aliphatic rings. The quantitative estimate of drug-likeness (QED) is 0.348. The minimum absolute atomic E-state index is 0.303. The lowest BCUT2D eigenvalue weighted by Crippen LogP contribution is -2.04. The summed E-state index contributed by atoms with van der Waals surface area (Å²) in [5.74, 6) is -3.43. The van der Waals surface area contributed by atoms with Crippen molar-refractivity contribution in [3.05, 3.63) is 105 Å². The lowest BCUT2D eigenvalue weighted by atomic mass is 10.2. The van der Waals surface area contributed by atoms with Gasteiger partial charge in [-0.2, -0.15) is 5.26 Å². The average Bonchev–Trinajstić information content (AvgIpc) is 2.74. The van der Waals surface area contributed by atoms with Crippen LogP contribution in [-0.2, 0) is 14.4 Å². The van der Waals surface area contributed by atoms with Gasteiger partial charge in [0.05, 0.1) is 12.5 Å². The summed E-state index contributed by atoms with van der Waals surface area (Å²) in [5.41, 5.74) is 0.870. The first-order valence-corrected chi connectivity index (χ1v) is 7.97. The fraction of sp³-hybridized carbons (Fsp3) is 0.0435. The zero-order chi connectivity index (χ0) is 24.4. The molecular formula is C23H27NO6. The van der Waals surface area contributed by atoms with E-state index in [1.165, 1.54) is 11.6 Å². The number of carbonyl (C=O) groups is 3. The number of allylic oxidation sites excluding steroid dienone is 3. The fourth-order valence-corrected chi connectivity index (χ4v) is 0.847. The Hall–Kier alpha value is -4.44. The number of hydrogen-bond acceptors (Lipinski definition) is 4. The Bertz CT molecular complexity index is 737. The summed E-state index contributed by atoms with van der Waals surface area (Å²) in [5, 5.41) is 31.2. The molecule has 1 aromatic rings. The molecule has 0 aliphatic heterocycles. The van der Waals surface area contributed by atoms with E-state index in [2.05, 4.69) is 39.5 Å². The van der Waals surface area contributed by atoms with Gasteiger partial charge in [-0.3, -0.25) is 4.79 Å². The van der Waals surface area contributed by atoms with E-state index in [1.54, 1.807) is 18.2 Å². The van der Waals surface area contributed by atoms with Crippen LogP contribution in [0.2, 0.25) is 0 Å². The minimum Gasteiger partial charge on any atom is -0.481 e. The van der Waals surface area contributed by atoms with Gasteiger partial charge in [-0.05, 0) is 5.56 Å². The summed E-state index contributed by atoms with van der Waals surface area (Å²) in [6.07, 6.45) is 6.62. The van der Waals surface area contributed by atoms with Crippen molar-refractivity contribution in [3.63, 3.8) is 0 Å². The van der Waals surface area contributed by atoms with Crippen molar-refractivity contribution in [1.29, 1.82) is 5.26 Å². The van der Waals surface area contributed by atoms with E-state index < -0.39 is 24.3 Å². The molecule has 30 heavy (non-hydrogen) atoms. The standard InChI is InChI=1S/C8H8.C5H6O4.C4H6.C3H3N.C3H4O2/c1-2-8-6-4-3-5-7-8;1-3(5(8)9)2-4(6)7;1-3-4-2;1-2-3-4;1-2-3(4)5/h2-7H,1H2;1-2H2,(H,6,7)(H,8,9);3-4H,1-2H2;2H,1H2;2H,1H2,(H,4,5). The number of nitrogens with zero attached hydrogens (tertiary/aromatic N) is 1. The topological polar surface area (TPSA) is 136 Å². The van der Waals surface area contributed by atoms with Crippen LogP contribution in [0.25, 0.3) is 6.08 Å². The molecule has 0 saturated carbocycles. The van der Waals surface area contributed by atoms with Gasteiger partial charge < -0.3 is 15.3 Å². The Kier molecular flexibility index (Phi) is 29.6. The monoisotopic (exact) mass is 413 g/mol. The number of benzene rings is 1. The maximum atomic E-state index is 9.87. The summed E-state index contributed by atoms with van der Waals surface area (Å²) in [4.78, 5) is 28.9. The molecular weight excluding hydrogens is 386 g/mol. The normalized spacial score (nSPS) is 7.03. The van der Waals surface area contributed by atoms with Crippen LogP contribution in [0.3, 0.4) is 0 Å². The van der Waals surface area contributed by atoms with E-state index in [-0.39, 0.29) is 5.57 Å². The number of nitriles is 1. The van der Waals surface area contributed by atoms with Gasteiger partial charge in [0.2, 0.25) is 0 Å². The second-order valence-electron chi connectivity index (χ2n) is 4.44. The third kappa shape index (κ3) is 38.9. The van der Waals surface area contributed by atoms with Crippen LogP contribution >= 0.6 is 0 Å². The van der Waals surface area contributed by atoms with Gasteiger partial charge in [0.15, 0.2) is 0 Å². The van der Waals surface area contributed by atoms with Crippen molar-refractivity contribution in [2.75, 3.05) is 0 Å². The Morgan fingerprint density at radius 1 is 0.933 bits per heavy atom.